The molecule has 0 saturated carbocycles. The lowest BCUT2D eigenvalue weighted by Gasteiger charge is -2.10. The van der Waals surface area contributed by atoms with Gasteiger partial charge in [0.1, 0.15) is 0 Å². The van der Waals surface area contributed by atoms with Crippen LogP contribution in [0.1, 0.15) is 15.9 Å². The quantitative estimate of drug-likeness (QED) is 0.477. The van der Waals surface area contributed by atoms with Crippen LogP contribution in [-0.4, -0.2) is 33.1 Å². The first-order valence-corrected chi connectivity index (χ1v) is 7.34. The van der Waals surface area contributed by atoms with Crippen LogP contribution in [-0.2, 0) is 11.3 Å². The Morgan fingerprint density at radius 3 is 2.42 bits per heavy atom. The number of methoxy groups -OCH3 is 1. The fourth-order valence-corrected chi connectivity index (χ4v) is 2.27. The van der Waals surface area contributed by atoms with E-state index in [4.69, 9.17) is 4.74 Å². The number of guanidine groups is 1. The number of hydrogen-bond acceptors (Lipinski definition) is 3. The van der Waals surface area contributed by atoms with Crippen molar-refractivity contribution in [2.75, 3.05) is 21.2 Å². The third-order valence-corrected chi connectivity index (χ3v) is 3.46. The standard InChI is InChI=1S/C18H21N3O2.BrH/c1-19-18(20-2)21-12-13-6-4-7-14(10-13)15-8-5-9-16(11-15)17(22)23-3;/h4-11H,12H2,1-3H3,(H2,19,20,21);1H. The number of halogens is 1. The van der Waals surface area contributed by atoms with E-state index in [0.717, 1.165) is 22.6 Å². The summed E-state index contributed by atoms with van der Waals surface area (Å²) in [4.78, 5) is 15.7. The molecular formula is C18H22BrN3O2. The average molecular weight is 392 g/mol. The summed E-state index contributed by atoms with van der Waals surface area (Å²) < 4.78 is 4.77. The highest BCUT2D eigenvalue weighted by atomic mass is 79.9. The maximum Gasteiger partial charge on any atom is 0.337 e. The lowest BCUT2D eigenvalue weighted by Crippen LogP contribution is -2.34. The predicted octanol–water partition coefficient (Wildman–Crippen LogP) is 3.01. The second-order valence-electron chi connectivity index (χ2n) is 4.95. The monoisotopic (exact) mass is 391 g/mol. The van der Waals surface area contributed by atoms with Gasteiger partial charge in [-0.3, -0.25) is 4.99 Å². The van der Waals surface area contributed by atoms with E-state index in [-0.39, 0.29) is 23.0 Å². The maximum atomic E-state index is 11.7. The first kappa shape index (κ1) is 19.7. The van der Waals surface area contributed by atoms with E-state index in [0.29, 0.717) is 12.1 Å². The third-order valence-electron chi connectivity index (χ3n) is 3.46. The fourth-order valence-electron chi connectivity index (χ4n) is 2.27. The van der Waals surface area contributed by atoms with Crippen LogP contribution >= 0.6 is 17.0 Å². The summed E-state index contributed by atoms with van der Waals surface area (Å²) in [5, 5.41) is 6.20. The highest BCUT2D eigenvalue weighted by Gasteiger charge is 2.07. The molecule has 5 nitrogen and oxygen atoms in total. The zero-order valence-corrected chi connectivity index (χ0v) is 15.7. The fraction of sp³-hybridized carbons (Fsp3) is 0.222. The van der Waals surface area contributed by atoms with Crippen molar-refractivity contribution in [2.24, 2.45) is 4.99 Å². The molecule has 24 heavy (non-hydrogen) atoms. The van der Waals surface area contributed by atoms with E-state index in [2.05, 4.69) is 21.7 Å². The minimum atomic E-state index is -0.331. The number of carbonyl (C=O) groups is 1. The molecule has 2 aromatic carbocycles. The Morgan fingerprint density at radius 1 is 1.12 bits per heavy atom. The van der Waals surface area contributed by atoms with Gasteiger partial charge in [-0.25, -0.2) is 4.79 Å². The second kappa shape index (κ2) is 9.72. The highest BCUT2D eigenvalue weighted by Crippen LogP contribution is 2.22. The first-order valence-electron chi connectivity index (χ1n) is 7.34. The van der Waals surface area contributed by atoms with Crippen molar-refractivity contribution < 1.29 is 9.53 Å². The van der Waals surface area contributed by atoms with Gasteiger partial charge in [0, 0.05) is 20.6 Å². The number of rotatable bonds is 4. The van der Waals surface area contributed by atoms with Crippen molar-refractivity contribution in [2.45, 2.75) is 6.54 Å². The summed E-state index contributed by atoms with van der Waals surface area (Å²) in [7, 11) is 4.94. The van der Waals surface area contributed by atoms with Crippen LogP contribution in [0.5, 0.6) is 0 Å². The van der Waals surface area contributed by atoms with Gasteiger partial charge in [0.05, 0.1) is 12.7 Å². The Hall–Kier alpha value is -2.34. The largest absolute Gasteiger partial charge is 0.465 e. The molecular weight excluding hydrogens is 370 g/mol. The summed E-state index contributed by atoms with van der Waals surface area (Å²) >= 11 is 0. The predicted molar refractivity (Wildman–Crippen MR) is 103 cm³/mol. The van der Waals surface area contributed by atoms with Gasteiger partial charge < -0.3 is 15.4 Å². The van der Waals surface area contributed by atoms with E-state index in [9.17, 15) is 4.79 Å². The molecule has 0 fully saturated rings. The van der Waals surface area contributed by atoms with Crippen LogP contribution in [0.3, 0.4) is 0 Å². The van der Waals surface area contributed by atoms with Crippen molar-refractivity contribution in [1.29, 1.82) is 0 Å². The van der Waals surface area contributed by atoms with Gasteiger partial charge in [0.15, 0.2) is 5.96 Å². The Labute approximate surface area is 152 Å². The Bertz CT molecular complexity index is 717. The summed E-state index contributed by atoms with van der Waals surface area (Å²) in [5.74, 6) is 0.408. The van der Waals surface area contributed by atoms with Crippen molar-refractivity contribution in [3.63, 3.8) is 0 Å². The van der Waals surface area contributed by atoms with Gasteiger partial charge in [0.25, 0.3) is 0 Å². The van der Waals surface area contributed by atoms with Crippen molar-refractivity contribution in [3.05, 3.63) is 59.7 Å². The number of carbonyl (C=O) groups excluding carboxylic acids is 1. The van der Waals surface area contributed by atoms with Crippen LogP contribution in [0.2, 0.25) is 0 Å². The number of ether oxygens (including phenoxy) is 1. The average Bonchev–Trinajstić information content (AvgIpc) is 2.62. The van der Waals surface area contributed by atoms with Crippen LogP contribution in [0.15, 0.2) is 53.5 Å². The number of nitrogens with one attached hydrogen (secondary N) is 2. The lowest BCUT2D eigenvalue weighted by molar-refractivity contribution is 0.0601. The van der Waals surface area contributed by atoms with E-state index in [1.54, 1.807) is 13.1 Å². The van der Waals surface area contributed by atoms with E-state index < -0.39 is 0 Å². The maximum absolute atomic E-state index is 11.7. The van der Waals surface area contributed by atoms with E-state index in [1.807, 2.05) is 43.4 Å². The van der Waals surface area contributed by atoms with Gasteiger partial charge in [0.2, 0.25) is 0 Å². The molecule has 0 bridgehead atoms. The van der Waals surface area contributed by atoms with Crippen LogP contribution in [0, 0.1) is 0 Å². The molecule has 2 N–H and O–H groups in total. The summed E-state index contributed by atoms with van der Waals surface area (Å²) in [5.41, 5.74) is 3.70. The van der Waals surface area contributed by atoms with E-state index in [1.165, 1.54) is 7.11 Å². The van der Waals surface area contributed by atoms with Crippen LogP contribution in [0.25, 0.3) is 11.1 Å². The molecule has 0 radical (unpaired) electrons. The van der Waals surface area contributed by atoms with Gasteiger partial charge >= 0.3 is 5.97 Å². The smallest absolute Gasteiger partial charge is 0.337 e. The first-order chi connectivity index (χ1) is 11.2. The minimum absolute atomic E-state index is 0. The van der Waals surface area contributed by atoms with Crippen molar-refractivity contribution in [3.8, 4) is 11.1 Å². The topological polar surface area (TPSA) is 62.7 Å². The Kier molecular flexibility index (Phi) is 7.98. The molecule has 2 aromatic rings. The number of aliphatic imine (C=N–C) groups is 1. The molecule has 0 heterocycles. The normalized spacial score (nSPS) is 10.5. The number of nitrogens with zero attached hydrogens (tertiary/aromatic N) is 1. The number of esters is 1. The molecule has 0 amide bonds. The van der Waals surface area contributed by atoms with Gasteiger partial charge in [-0.15, -0.1) is 17.0 Å². The molecule has 128 valence electrons. The third kappa shape index (κ3) is 5.09. The molecule has 0 aliphatic carbocycles. The van der Waals surface area contributed by atoms with Gasteiger partial charge in [-0.2, -0.15) is 0 Å². The molecule has 0 atom stereocenters. The van der Waals surface area contributed by atoms with Crippen LogP contribution < -0.4 is 10.6 Å². The molecule has 0 aliphatic heterocycles. The molecule has 0 unspecified atom stereocenters. The molecule has 0 aliphatic rings. The van der Waals surface area contributed by atoms with E-state index >= 15 is 0 Å². The minimum Gasteiger partial charge on any atom is -0.465 e. The Morgan fingerprint density at radius 2 is 1.79 bits per heavy atom. The second-order valence-corrected chi connectivity index (χ2v) is 4.95. The van der Waals surface area contributed by atoms with Crippen molar-refractivity contribution >= 4 is 28.9 Å². The highest BCUT2D eigenvalue weighted by molar-refractivity contribution is 8.93. The molecule has 6 heteroatoms. The van der Waals surface area contributed by atoms with Crippen molar-refractivity contribution in [1.82, 2.24) is 10.6 Å². The van der Waals surface area contributed by atoms with Gasteiger partial charge in [-0.05, 0) is 34.9 Å². The lowest BCUT2D eigenvalue weighted by atomic mass is 10.0. The summed E-state index contributed by atoms with van der Waals surface area (Å²) in [6, 6.07) is 15.6. The molecule has 0 aromatic heterocycles. The molecule has 0 spiro atoms. The summed E-state index contributed by atoms with van der Waals surface area (Å²) in [6.07, 6.45) is 0. The molecule has 2 rings (SSSR count). The SMILES string of the molecule is Br.CN=C(NC)NCc1cccc(-c2cccc(C(=O)OC)c2)c1. The number of benzene rings is 2. The zero-order chi connectivity index (χ0) is 16.7. The van der Waals surface area contributed by atoms with Crippen LogP contribution in [0.4, 0.5) is 0 Å². The van der Waals surface area contributed by atoms with Gasteiger partial charge in [-0.1, -0.05) is 30.3 Å². The summed E-state index contributed by atoms with van der Waals surface area (Å²) in [6.45, 7) is 0.665. The number of hydrogen-bond donors (Lipinski definition) is 2. The molecule has 0 saturated heterocycles. The zero-order valence-electron chi connectivity index (χ0n) is 14.0. The Balaban J connectivity index is 0.00000288.